The second-order valence-corrected chi connectivity index (χ2v) is 6.17. The van der Waals surface area contributed by atoms with Crippen LogP contribution in [0.4, 0.5) is 11.4 Å². The summed E-state index contributed by atoms with van der Waals surface area (Å²) in [6.45, 7) is 2.09. The summed E-state index contributed by atoms with van der Waals surface area (Å²) in [5, 5.41) is 4.81. The average molecular weight is 330 g/mol. The molecule has 4 rings (SSSR count). The number of nitrogens with zero attached hydrogens (tertiary/aromatic N) is 1. The van der Waals surface area contributed by atoms with Gasteiger partial charge in [-0.05, 0) is 41.6 Å². The zero-order valence-corrected chi connectivity index (χ0v) is 14.0. The summed E-state index contributed by atoms with van der Waals surface area (Å²) in [6, 6.07) is 19.2. The molecule has 0 bridgehead atoms. The van der Waals surface area contributed by atoms with E-state index in [4.69, 9.17) is 0 Å². The maximum atomic E-state index is 12.7. The van der Waals surface area contributed by atoms with Crippen LogP contribution in [0, 0.1) is 0 Å². The Balaban J connectivity index is 1.56. The first-order valence-corrected chi connectivity index (χ1v) is 8.40. The fourth-order valence-corrected chi connectivity index (χ4v) is 3.30. The molecule has 0 spiro atoms. The van der Waals surface area contributed by atoms with Gasteiger partial charge in [-0.15, -0.1) is 0 Å². The van der Waals surface area contributed by atoms with E-state index >= 15 is 0 Å². The predicted molar refractivity (Wildman–Crippen MR) is 100 cm³/mol. The van der Waals surface area contributed by atoms with Crippen LogP contribution in [0.15, 0.2) is 60.7 Å². The van der Waals surface area contributed by atoms with Gasteiger partial charge in [-0.25, -0.2) is 0 Å². The molecule has 1 aliphatic heterocycles. The highest BCUT2D eigenvalue weighted by Gasteiger charge is 2.30. The molecular formula is C21H18N2O2. The lowest BCUT2D eigenvalue weighted by atomic mass is 10.1. The largest absolute Gasteiger partial charge is 0.325 e. The first-order chi connectivity index (χ1) is 12.2. The van der Waals surface area contributed by atoms with Gasteiger partial charge in [0.15, 0.2) is 0 Å². The van der Waals surface area contributed by atoms with Gasteiger partial charge in [0, 0.05) is 16.6 Å². The highest BCUT2D eigenvalue weighted by Crippen LogP contribution is 2.36. The molecule has 3 aromatic carbocycles. The van der Waals surface area contributed by atoms with Crippen LogP contribution in [0.5, 0.6) is 0 Å². The number of anilines is 2. The minimum atomic E-state index is -0.206. The highest BCUT2D eigenvalue weighted by molar-refractivity contribution is 6.26. The lowest BCUT2D eigenvalue weighted by Gasteiger charge is -2.17. The van der Waals surface area contributed by atoms with Crippen molar-refractivity contribution in [3.63, 3.8) is 0 Å². The third-order valence-electron chi connectivity index (χ3n) is 4.60. The molecule has 0 saturated carbocycles. The second-order valence-electron chi connectivity index (χ2n) is 6.17. The van der Waals surface area contributed by atoms with Gasteiger partial charge in [0.25, 0.3) is 5.91 Å². The first-order valence-electron chi connectivity index (χ1n) is 8.40. The summed E-state index contributed by atoms with van der Waals surface area (Å²) in [5.41, 5.74) is 3.42. The maximum Gasteiger partial charge on any atom is 0.259 e. The van der Waals surface area contributed by atoms with Crippen LogP contribution in [0.25, 0.3) is 10.8 Å². The molecule has 0 aliphatic carbocycles. The van der Waals surface area contributed by atoms with Gasteiger partial charge in [0.1, 0.15) is 6.54 Å². The fourth-order valence-electron chi connectivity index (χ4n) is 3.30. The van der Waals surface area contributed by atoms with Crippen LogP contribution in [0.2, 0.25) is 0 Å². The van der Waals surface area contributed by atoms with Crippen molar-refractivity contribution in [1.29, 1.82) is 0 Å². The van der Waals surface area contributed by atoms with Crippen LogP contribution in [-0.4, -0.2) is 18.4 Å². The Labute approximate surface area is 146 Å². The van der Waals surface area contributed by atoms with E-state index in [2.05, 4.69) is 12.2 Å². The van der Waals surface area contributed by atoms with E-state index in [9.17, 15) is 9.59 Å². The van der Waals surface area contributed by atoms with Crippen molar-refractivity contribution in [3.8, 4) is 0 Å². The van der Waals surface area contributed by atoms with E-state index in [1.54, 1.807) is 4.90 Å². The third kappa shape index (κ3) is 2.66. The summed E-state index contributed by atoms with van der Waals surface area (Å²) in [5.74, 6) is -0.328. The third-order valence-corrected chi connectivity index (χ3v) is 4.60. The topological polar surface area (TPSA) is 49.4 Å². The summed E-state index contributed by atoms with van der Waals surface area (Å²) in [7, 11) is 0. The van der Waals surface area contributed by atoms with E-state index in [1.165, 1.54) is 5.56 Å². The molecule has 0 aromatic heterocycles. The number of rotatable bonds is 4. The molecule has 0 fully saturated rings. The van der Waals surface area contributed by atoms with Crippen molar-refractivity contribution in [3.05, 3.63) is 71.8 Å². The van der Waals surface area contributed by atoms with Gasteiger partial charge in [-0.2, -0.15) is 0 Å². The molecule has 25 heavy (non-hydrogen) atoms. The summed E-state index contributed by atoms with van der Waals surface area (Å²) >= 11 is 0. The Hall–Kier alpha value is -3.14. The van der Waals surface area contributed by atoms with Crippen molar-refractivity contribution in [2.45, 2.75) is 13.3 Å². The maximum absolute atomic E-state index is 12.7. The Morgan fingerprint density at radius 1 is 1.00 bits per heavy atom. The standard InChI is InChI=1S/C21H18N2O2/c1-2-14-9-11-16(12-10-14)22-19(24)13-23-18-8-4-6-15-5-3-7-17(20(15)18)21(23)25/h3-12H,2,13H2,1H3,(H,22,24). The van der Waals surface area contributed by atoms with E-state index in [0.717, 1.165) is 28.6 Å². The number of benzene rings is 3. The van der Waals surface area contributed by atoms with Gasteiger partial charge < -0.3 is 5.32 Å². The number of carbonyl (C=O) groups excluding carboxylic acids is 2. The zero-order chi connectivity index (χ0) is 17.4. The van der Waals surface area contributed by atoms with Crippen LogP contribution in [-0.2, 0) is 11.2 Å². The van der Waals surface area contributed by atoms with Crippen molar-refractivity contribution < 1.29 is 9.59 Å². The molecule has 1 heterocycles. The van der Waals surface area contributed by atoms with Gasteiger partial charge >= 0.3 is 0 Å². The molecule has 2 amide bonds. The second kappa shape index (κ2) is 6.06. The molecular weight excluding hydrogens is 312 g/mol. The summed E-state index contributed by atoms with van der Waals surface area (Å²) in [4.78, 5) is 26.7. The van der Waals surface area contributed by atoms with Crippen molar-refractivity contribution in [1.82, 2.24) is 0 Å². The molecule has 4 nitrogen and oxygen atoms in total. The van der Waals surface area contributed by atoms with Crippen LogP contribution in [0.3, 0.4) is 0 Å². The number of nitrogens with one attached hydrogen (secondary N) is 1. The van der Waals surface area contributed by atoms with Crippen LogP contribution in [0.1, 0.15) is 22.8 Å². The Morgan fingerprint density at radius 2 is 1.72 bits per heavy atom. The van der Waals surface area contributed by atoms with Gasteiger partial charge in [0.2, 0.25) is 5.91 Å². The van der Waals surface area contributed by atoms with Crippen molar-refractivity contribution in [2.24, 2.45) is 0 Å². The number of amides is 2. The Morgan fingerprint density at radius 3 is 2.44 bits per heavy atom. The predicted octanol–water partition coefficient (Wildman–Crippen LogP) is 4.00. The molecule has 0 atom stereocenters. The summed E-state index contributed by atoms with van der Waals surface area (Å²) < 4.78 is 0. The highest BCUT2D eigenvalue weighted by atomic mass is 16.2. The van der Waals surface area contributed by atoms with Gasteiger partial charge in [-0.3, -0.25) is 14.5 Å². The number of hydrogen-bond donors (Lipinski definition) is 1. The normalized spacial score (nSPS) is 12.7. The lowest BCUT2D eigenvalue weighted by molar-refractivity contribution is -0.114. The lowest BCUT2D eigenvalue weighted by Crippen LogP contribution is -2.35. The minimum absolute atomic E-state index is 0.00214. The smallest absolute Gasteiger partial charge is 0.259 e. The molecule has 1 aliphatic rings. The molecule has 0 radical (unpaired) electrons. The molecule has 0 saturated heterocycles. The monoisotopic (exact) mass is 330 g/mol. The van der Waals surface area contributed by atoms with Crippen molar-refractivity contribution in [2.75, 3.05) is 16.8 Å². The number of carbonyl (C=O) groups is 2. The fraction of sp³-hybridized carbons (Fsp3) is 0.143. The van der Waals surface area contributed by atoms with Gasteiger partial charge in [-0.1, -0.05) is 43.3 Å². The molecule has 124 valence electrons. The van der Waals surface area contributed by atoms with Crippen molar-refractivity contribution >= 4 is 34.0 Å². The SMILES string of the molecule is CCc1ccc(NC(=O)CN2C(=O)c3cccc4cccc2c34)cc1. The molecule has 1 N–H and O–H groups in total. The Bertz CT molecular complexity index is 972. The van der Waals surface area contributed by atoms with E-state index in [0.29, 0.717) is 5.56 Å². The van der Waals surface area contributed by atoms with E-state index in [-0.39, 0.29) is 18.4 Å². The quantitative estimate of drug-likeness (QED) is 0.786. The molecule has 4 heteroatoms. The summed E-state index contributed by atoms with van der Waals surface area (Å²) in [6.07, 6.45) is 0.957. The van der Waals surface area contributed by atoms with Gasteiger partial charge in [0.05, 0.1) is 5.69 Å². The van der Waals surface area contributed by atoms with E-state index < -0.39 is 0 Å². The Kier molecular flexibility index (Phi) is 3.73. The zero-order valence-electron chi connectivity index (χ0n) is 14.0. The first kappa shape index (κ1) is 15.4. The van der Waals surface area contributed by atoms with Crippen LogP contribution < -0.4 is 10.2 Å². The number of aryl methyl sites for hydroxylation is 1. The minimum Gasteiger partial charge on any atom is -0.325 e. The van der Waals surface area contributed by atoms with E-state index in [1.807, 2.05) is 60.7 Å². The van der Waals surface area contributed by atoms with Crippen LogP contribution >= 0.6 is 0 Å². The molecule has 0 unspecified atom stereocenters. The average Bonchev–Trinajstić information content (AvgIpc) is 2.90. The number of hydrogen-bond acceptors (Lipinski definition) is 2. The molecule has 3 aromatic rings.